The van der Waals surface area contributed by atoms with Gasteiger partial charge in [-0.2, -0.15) is 10.2 Å². The van der Waals surface area contributed by atoms with Crippen LogP contribution in [-0.2, 0) is 7.05 Å². The van der Waals surface area contributed by atoms with E-state index in [-0.39, 0.29) is 6.03 Å². The van der Waals surface area contributed by atoms with Crippen molar-refractivity contribution in [3.63, 3.8) is 0 Å². The number of amides is 2. The number of hydrogen-bond donors (Lipinski definition) is 3. The fourth-order valence-corrected chi connectivity index (χ4v) is 3.59. The number of H-pyrrole nitrogens is 1. The molecule has 3 N–H and O–H groups in total. The highest BCUT2D eigenvalue weighted by Crippen LogP contribution is 2.32. The number of aromatic nitrogens is 5. The van der Waals surface area contributed by atoms with Gasteiger partial charge in [0.1, 0.15) is 0 Å². The molecule has 0 unspecified atom stereocenters. The molecule has 2 amide bonds. The molecule has 0 radical (unpaired) electrons. The summed E-state index contributed by atoms with van der Waals surface area (Å²) in [6.07, 6.45) is 9.24. The van der Waals surface area contributed by atoms with Gasteiger partial charge in [0.25, 0.3) is 0 Å². The standard InChI is InChI=1S/C23H21N7O/c1-15-3-6-18(7-4-15)27-23(31)28-21-14-30(19-11-24-25-12-19)22-8-5-16(9-20(21)22)17-10-26-29(2)13-17/h3-14H,1-2H3,(H,24,25)(H2,27,28,31). The quantitative estimate of drug-likeness (QED) is 0.400. The minimum absolute atomic E-state index is 0.304. The lowest BCUT2D eigenvalue weighted by atomic mass is 10.1. The summed E-state index contributed by atoms with van der Waals surface area (Å²) in [4.78, 5) is 12.7. The maximum absolute atomic E-state index is 12.7. The van der Waals surface area contributed by atoms with E-state index in [2.05, 4.69) is 32.0 Å². The van der Waals surface area contributed by atoms with Gasteiger partial charge in [-0.05, 0) is 36.8 Å². The van der Waals surface area contributed by atoms with Crippen LogP contribution in [0.2, 0.25) is 0 Å². The first-order valence-electron chi connectivity index (χ1n) is 9.85. The van der Waals surface area contributed by atoms with Crippen molar-refractivity contribution in [3.8, 4) is 16.8 Å². The van der Waals surface area contributed by atoms with Crippen molar-refractivity contribution in [2.45, 2.75) is 6.92 Å². The Morgan fingerprint density at radius 3 is 2.55 bits per heavy atom. The second-order valence-electron chi connectivity index (χ2n) is 7.45. The topological polar surface area (TPSA) is 92.6 Å². The lowest BCUT2D eigenvalue weighted by molar-refractivity contribution is 0.262. The number of urea groups is 1. The molecule has 5 rings (SSSR count). The first kappa shape index (κ1) is 18.7. The Bertz CT molecular complexity index is 1360. The van der Waals surface area contributed by atoms with Gasteiger partial charge in [0.15, 0.2) is 0 Å². The Balaban J connectivity index is 1.53. The van der Waals surface area contributed by atoms with Crippen molar-refractivity contribution in [2.75, 3.05) is 10.6 Å². The maximum Gasteiger partial charge on any atom is 0.323 e. The van der Waals surface area contributed by atoms with E-state index in [1.54, 1.807) is 10.9 Å². The smallest absolute Gasteiger partial charge is 0.312 e. The molecule has 3 aromatic heterocycles. The Morgan fingerprint density at radius 2 is 1.84 bits per heavy atom. The van der Waals surface area contributed by atoms with Crippen molar-refractivity contribution in [2.24, 2.45) is 7.05 Å². The van der Waals surface area contributed by atoms with E-state index in [9.17, 15) is 4.79 Å². The van der Waals surface area contributed by atoms with E-state index < -0.39 is 0 Å². The van der Waals surface area contributed by atoms with Crippen molar-refractivity contribution < 1.29 is 4.79 Å². The van der Waals surface area contributed by atoms with E-state index >= 15 is 0 Å². The van der Waals surface area contributed by atoms with E-state index in [1.165, 1.54) is 0 Å². The third kappa shape index (κ3) is 3.66. The third-order valence-electron chi connectivity index (χ3n) is 5.16. The van der Waals surface area contributed by atoms with E-state index in [4.69, 9.17) is 0 Å². The number of carbonyl (C=O) groups excluding carboxylic acids is 1. The zero-order valence-electron chi connectivity index (χ0n) is 17.1. The molecule has 0 atom stereocenters. The Labute approximate surface area is 178 Å². The SMILES string of the molecule is Cc1ccc(NC(=O)Nc2cn(-c3cn[nH]c3)c3ccc(-c4cnn(C)c4)cc23)cc1. The molecule has 0 spiro atoms. The highest BCUT2D eigenvalue weighted by Gasteiger charge is 2.15. The molecular formula is C23H21N7O. The summed E-state index contributed by atoms with van der Waals surface area (Å²) >= 11 is 0. The number of nitrogens with zero attached hydrogens (tertiary/aromatic N) is 4. The molecule has 154 valence electrons. The number of aryl methyl sites for hydroxylation is 2. The van der Waals surface area contributed by atoms with Crippen molar-refractivity contribution >= 4 is 28.3 Å². The van der Waals surface area contributed by atoms with Crippen LogP contribution in [0, 0.1) is 6.92 Å². The first-order valence-corrected chi connectivity index (χ1v) is 9.85. The summed E-state index contributed by atoms with van der Waals surface area (Å²) in [5.74, 6) is 0. The van der Waals surface area contributed by atoms with Gasteiger partial charge < -0.3 is 15.2 Å². The molecule has 0 saturated heterocycles. The predicted molar refractivity (Wildman–Crippen MR) is 121 cm³/mol. The van der Waals surface area contributed by atoms with Gasteiger partial charge in [0, 0.05) is 42.3 Å². The van der Waals surface area contributed by atoms with E-state index in [1.807, 2.05) is 79.7 Å². The number of aromatic amines is 1. The molecule has 0 aliphatic carbocycles. The lowest BCUT2D eigenvalue weighted by Crippen LogP contribution is -2.19. The number of nitrogens with one attached hydrogen (secondary N) is 3. The zero-order chi connectivity index (χ0) is 21.4. The van der Waals surface area contributed by atoms with Gasteiger partial charge in [-0.1, -0.05) is 23.8 Å². The van der Waals surface area contributed by atoms with Crippen LogP contribution in [0.4, 0.5) is 16.2 Å². The zero-order valence-corrected chi connectivity index (χ0v) is 17.1. The fraction of sp³-hybridized carbons (Fsp3) is 0.0870. The van der Waals surface area contributed by atoms with Gasteiger partial charge in [-0.3, -0.25) is 9.78 Å². The Kier molecular flexibility index (Phi) is 4.51. The highest BCUT2D eigenvalue weighted by molar-refractivity contribution is 6.07. The summed E-state index contributed by atoms with van der Waals surface area (Å²) in [6, 6.07) is 13.5. The monoisotopic (exact) mass is 411 g/mol. The maximum atomic E-state index is 12.7. The molecular weight excluding hydrogens is 390 g/mol. The number of anilines is 2. The Hall–Kier alpha value is -4.33. The summed E-state index contributed by atoms with van der Waals surface area (Å²) in [7, 11) is 1.89. The van der Waals surface area contributed by atoms with Crippen LogP contribution in [0.5, 0.6) is 0 Å². The molecule has 0 fully saturated rings. The number of hydrogen-bond acceptors (Lipinski definition) is 3. The van der Waals surface area contributed by atoms with Crippen LogP contribution < -0.4 is 10.6 Å². The van der Waals surface area contributed by atoms with Crippen LogP contribution in [-0.4, -0.2) is 30.6 Å². The molecule has 0 saturated carbocycles. The molecule has 31 heavy (non-hydrogen) atoms. The van der Waals surface area contributed by atoms with Crippen molar-refractivity contribution in [1.82, 2.24) is 24.5 Å². The fourth-order valence-electron chi connectivity index (χ4n) is 3.59. The molecule has 8 heteroatoms. The molecule has 8 nitrogen and oxygen atoms in total. The molecule has 0 bridgehead atoms. The van der Waals surface area contributed by atoms with E-state index in [0.717, 1.165) is 39.0 Å². The Morgan fingerprint density at radius 1 is 1.00 bits per heavy atom. The predicted octanol–water partition coefficient (Wildman–Crippen LogP) is 4.71. The average Bonchev–Trinajstić information content (AvgIpc) is 3.50. The summed E-state index contributed by atoms with van der Waals surface area (Å²) in [6.45, 7) is 2.01. The summed E-state index contributed by atoms with van der Waals surface area (Å²) in [5.41, 5.74) is 6.44. The molecule has 0 aliphatic heterocycles. The summed E-state index contributed by atoms with van der Waals surface area (Å²) in [5, 5.41) is 17.9. The van der Waals surface area contributed by atoms with Gasteiger partial charge in [-0.15, -0.1) is 0 Å². The molecule has 0 aliphatic rings. The van der Waals surface area contributed by atoms with Crippen LogP contribution in [0.3, 0.4) is 0 Å². The van der Waals surface area contributed by atoms with Gasteiger partial charge in [-0.25, -0.2) is 4.79 Å². The normalized spacial score (nSPS) is 11.0. The number of carbonyl (C=O) groups is 1. The lowest BCUT2D eigenvalue weighted by Gasteiger charge is -2.07. The minimum atomic E-state index is -0.304. The third-order valence-corrected chi connectivity index (χ3v) is 5.16. The largest absolute Gasteiger partial charge is 0.323 e. The number of benzene rings is 2. The van der Waals surface area contributed by atoms with Gasteiger partial charge in [0.05, 0.1) is 29.3 Å². The van der Waals surface area contributed by atoms with E-state index in [0.29, 0.717) is 5.69 Å². The number of rotatable bonds is 4. The summed E-state index contributed by atoms with van der Waals surface area (Å²) < 4.78 is 3.76. The van der Waals surface area contributed by atoms with Gasteiger partial charge >= 0.3 is 6.03 Å². The van der Waals surface area contributed by atoms with Crippen molar-refractivity contribution in [1.29, 1.82) is 0 Å². The second kappa shape index (κ2) is 7.49. The second-order valence-corrected chi connectivity index (χ2v) is 7.45. The molecule has 2 aromatic carbocycles. The van der Waals surface area contributed by atoms with Crippen LogP contribution in [0.25, 0.3) is 27.7 Å². The van der Waals surface area contributed by atoms with Crippen LogP contribution in [0.1, 0.15) is 5.56 Å². The highest BCUT2D eigenvalue weighted by atomic mass is 16.2. The van der Waals surface area contributed by atoms with Crippen LogP contribution >= 0.6 is 0 Å². The molecule has 5 aromatic rings. The molecule has 3 heterocycles. The van der Waals surface area contributed by atoms with Gasteiger partial charge in [0.2, 0.25) is 0 Å². The van der Waals surface area contributed by atoms with Crippen LogP contribution in [0.15, 0.2) is 73.4 Å². The van der Waals surface area contributed by atoms with Crippen molar-refractivity contribution in [3.05, 3.63) is 79.0 Å². The number of fused-ring (bicyclic) bond motifs is 1. The first-order chi connectivity index (χ1) is 15.1. The average molecular weight is 411 g/mol. The minimum Gasteiger partial charge on any atom is -0.312 e.